The Labute approximate surface area is 476 Å². The van der Waals surface area contributed by atoms with Crippen molar-refractivity contribution in [1.82, 2.24) is 5.32 Å². The molecule has 0 aliphatic rings. The van der Waals surface area contributed by atoms with E-state index in [0.29, 0.717) is 17.4 Å². The van der Waals surface area contributed by atoms with Gasteiger partial charge in [-0.1, -0.05) is 284 Å². The third-order valence-electron chi connectivity index (χ3n) is 13.7. The van der Waals surface area contributed by atoms with Crippen LogP contribution < -0.4 is 5.32 Å². The first-order valence-electron chi connectivity index (χ1n) is 31.8. The maximum Gasteiger partial charge on any atom is 0.472 e. The lowest BCUT2D eigenvalue weighted by molar-refractivity contribution is -0.870. The molecule has 444 valence electrons. The van der Waals surface area contributed by atoms with Crippen molar-refractivity contribution in [2.45, 2.75) is 276 Å². The van der Waals surface area contributed by atoms with Gasteiger partial charge in [-0.25, -0.2) is 4.57 Å². The number of nitrogens with one attached hydrogen (secondary N) is 1. The van der Waals surface area contributed by atoms with Crippen LogP contribution in [0.1, 0.15) is 264 Å². The van der Waals surface area contributed by atoms with Gasteiger partial charge in [-0.05, 0) is 83.5 Å². The molecular weight excluding hydrogens is 972 g/mol. The van der Waals surface area contributed by atoms with Crippen molar-refractivity contribution in [3.05, 3.63) is 109 Å². The number of likely N-dealkylation sites (N-methyl/N-ethyl adjacent to an activating group) is 1. The van der Waals surface area contributed by atoms with Gasteiger partial charge in [0.2, 0.25) is 5.91 Å². The average molecular weight is 1090 g/mol. The zero-order valence-corrected chi connectivity index (χ0v) is 51.6. The van der Waals surface area contributed by atoms with Crippen LogP contribution in [-0.4, -0.2) is 73.4 Å². The number of quaternary nitrogens is 1. The molecule has 77 heavy (non-hydrogen) atoms. The molecule has 0 heterocycles. The molecule has 0 bridgehead atoms. The fourth-order valence-corrected chi connectivity index (χ4v) is 9.56. The fourth-order valence-electron chi connectivity index (χ4n) is 8.82. The van der Waals surface area contributed by atoms with Crippen molar-refractivity contribution in [3.63, 3.8) is 0 Å². The van der Waals surface area contributed by atoms with Crippen LogP contribution in [0.25, 0.3) is 0 Å². The smallest absolute Gasteiger partial charge is 0.387 e. The number of allylic oxidation sites excluding steroid dienone is 17. The summed E-state index contributed by atoms with van der Waals surface area (Å²) in [6.07, 6.45) is 84.9. The van der Waals surface area contributed by atoms with Gasteiger partial charge in [0, 0.05) is 6.42 Å². The Kier molecular flexibility index (Phi) is 55.7. The lowest BCUT2D eigenvalue weighted by Crippen LogP contribution is -2.45. The predicted octanol–water partition coefficient (Wildman–Crippen LogP) is 19.9. The summed E-state index contributed by atoms with van der Waals surface area (Å²) in [6, 6.07) is -0.870. The van der Waals surface area contributed by atoms with E-state index in [1.165, 1.54) is 141 Å². The lowest BCUT2D eigenvalue weighted by atomic mass is 10.0. The molecule has 0 aliphatic carbocycles. The number of unbranched alkanes of at least 4 members (excludes halogenated alkanes) is 28. The van der Waals surface area contributed by atoms with Gasteiger partial charge in [0.15, 0.2) is 0 Å². The molecule has 3 atom stereocenters. The van der Waals surface area contributed by atoms with Crippen LogP contribution in [0.3, 0.4) is 0 Å². The maximum atomic E-state index is 13.0. The number of rotatable bonds is 57. The number of aliphatic hydroxyl groups excluding tert-OH is 1. The third kappa shape index (κ3) is 60.6. The third-order valence-corrected chi connectivity index (χ3v) is 14.7. The van der Waals surface area contributed by atoms with Crippen LogP contribution in [0, 0.1) is 0 Å². The molecule has 0 saturated heterocycles. The molecule has 9 heteroatoms. The molecule has 0 aromatic carbocycles. The lowest BCUT2D eigenvalue weighted by Gasteiger charge is -2.25. The van der Waals surface area contributed by atoms with Crippen LogP contribution in [-0.2, 0) is 18.4 Å². The van der Waals surface area contributed by atoms with Gasteiger partial charge in [0.05, 0.1) is 39.9 Å². The molecule has 0 aromatic heterocycles. The number of aliphatic hydroxyl groups is 1. The number of nitrogens with zero attached hydrogens (tertiary/aromatic N) is 1. The maximum absolute atomic E-state index is 13.0. The van der Waals surface area contributed by atoms with Crippen LogP contribution in [0.4, 0.5) is 0 Å². The van der Waals surface area contributed by atoms with Gasteiger partial charge in [0.1, 0.15) is 13.2 Å². The molecule has 0 aromatic rings. The summed E-state index contributed by atoms with van der Waals surface area (Å²) in [4.78, 5) is 23.4. The van der Waals surface area contributed by atoms with E-state index in [2.05, 4.69) is 116 Å². The van der Waals surface area contributed by atoms with Crippen molar-refractivity contribution in [2.24, 2.45) is 0 Å². The molecule has 3 N–H and O–H groups in total. The Bertz CT molecular complexity index is 1620. The largest absolute Gasteiger partial charge is 0.472 e. The summed E-state index contributed by atoms with van der Waals surface area (Å²) in [6.45, 7) is 4.69. The van der Waals surface area contributed by atoms with E-state index in [1.807, 2.05) is 27.2 Å². The Morgan fingerprint density at radius 1 is 0.455 bits per heavy atom. The average Bonchev–Trinajstić information content (AvgIpc) is 3.39. The Balaban J connectivity index is 4.26. The van der Waals surface area contributed by atoms with Crippen molar-refractivity contribution < 1.29 is 32.9 Å². The summed E-state index contributed by atoms with van der Waals surface area (Å²) in [5.41, 5.74) is 0. The summed E-state index contributed by atoms with van der Waals surface area (Å²) in [5, 5.41) is 14.0. The highest BCUT2D eigenvalue weighted by Gasteiger charge is 2.27. The number of carbonyl (C=O) groups is 1. The van der Waals surface area contributed by atoms with Crippen LogP contribution >= 0.6 is 7.82 Å². The van der Waals surface area contributed by atoms with E-state index in [0.717, 1.165) is 103 Å². The Morgan fingerprint density at radius 3 is 1.14 bits per heavy atom. The molecule has 0 saturated carbocycles. The van der Waals surface area contributed by atoms with E-state index in [4.69, 9.17) is 9.05 Å². The summed E-state index contributed by atoms with van der Waals surface area (Å²) in [7, 11) is 1.54. The highest BCUT2D eigenvalue weighted by molar-refractivity contribution is 7.47. The fraction of sp³-hybridized carbons (Fsp3) is 0.721. The first kappa shape index (κ1) is 74.2. The molecule has 3 unspecified atom stereocenters. The number of amides is 1. The SMILES string of the molecule is CC/C=C\C/C=C\C/C=C\C/C=C\C/C=C\C/C=C\C/C=C\C/C=C\CCCCCCC(=O)NC(COP(=O)(O)OCC[N+](C)(C)C)C(O)/C=C/CCCCCCCCCCCCCCCCCCCCCCCCCC. The van der Waals surface area contributed by atoms with Crippen molar-refractivity contribution in [3.8, 4) is 0 Å². The minimum Gasteiger partial charge on any atom is -0.387 e. The highest BCUT2D eigenvalue weighted by Crippen LogP contribution is 2.43. The highest BCUT2D eigenvalue weighted by atomic mass is 31.2. The zero-order valence-electron chi connectivity index (χ0n) is 50.7. The van der Waals surface area contributed by atoms with E-state index >= 15 is 0 Å². The van der Waals surface area contributed by atoms with Gasteiger partial charge in [0.25, 0.3) is 0 Å². The zero-order chi connectivity index (χ0) is 56.3. The first-order valence-corrected chi connectivity index (χ1v) is 33.3. The van der Waals surface area contributed by atoms with Crippen LogP contribution in [0.2, 0.25) is 0 Å². The van der Waals surface area contributed by atoms with Crippen molar-refractivity contribution >= 4 is 13.7 Å². The second-order valence-corrected chi connectivity index (χ2v) is 23.9. The minimum atomic E-state index is -4.37. The van der Waals surface area contributed by atoms with Crippen molar-refractivity contribution in [2.75, 3.05) is 40.9 Å². The van der Waals surface area contributed by atoms with Gasteiger partial charge < -0.3 is 19.8 Å². The predicted molar refractivity (Wildman–Crippen MR) is 336 cm³/mol. The molecule has 8 nitrogen and oxygen atoms in total. The minimum absolute atomic E-state index is 0.0505. The molecule has 0 rings (SSSR count). The van der Waals surface area contributed by atoms with Gasteiger partial charge in [-0.2, -0.15) is 0 Å². The number of hydrogen-bond donors (Lipinski definition) is 3. The van der Waals surface area contributed by atoms with Gasteiger partial charge in [-0.3, -0.25) is 13.8 Å². The quantitative estimate of drug-likeness (QED) is 0.0243. The van der Waals surface area contributed by atoms with E-state index in [9.17, 15) is 19.4 Å². The molecule has 0 fully saturated rings. The number of phosphoric acid groups is 1. The number of phosphoric ester groups is 1. The van der Waals surface area contributed by atoms with Gasteiger partial charge in [-0.15, -0.1) is 0 Å². The molecule has 0 aliphatic heterocycles. The number of hydrogen-bond acceptors (Lipinski definition) is 5. The second-order valence-electron chi connectivity index (χ2n) is 22.4. The summed E-state index contributed by atoms with van der Waals surface area (Å²) in [5.74, 6) is -0.203. The second kappa shape index (κ2) is 57.8. The monoisotopic (exact) mass is 1090 g/mol. The Hall–Kier alpha value is -2.84. The van der Waals surface area contributed by atoms with E-state index in [1.54, 1.807) is 6.08 Å². The normalized spacial score (nSPS) is 14.5. The standard InChI is InChI=1S/C68H121N2O6P/c1-6-8-10-12-14-16-18-20-22-24-26-28-30-32-34-35-36-38-40-42-44-46-48-50-52-54-56-58-60-62-68(72)69-66(65-76-77(73,74)75-64-63-70(3,4)5)67(71)61-59-57-55-53-51-49-47-45-43-41-39-37-33-31-29-27-25-23-21-19-17-15-13-11-9-7-2/h8,10,14,16,20,22,26,28,32,34,36,38,42,44,48,50,59,61,66-67,71H,6-7,9,11-13,15,17-19,21,23-25,27,29-31,33,35,37,39-41,43,45-47,49,51-58,60,62-65H2,1-5H3,(H-,69,72,73,74)/p+1/b10-8-,16-14-,22-20-,28-26-,34-32-,38-36-,44-42-,50-48-,61-59+. The summed E-state index contributed by atoms with van der Waals surface area (Å²) < 4.78 is 23.8. The van der Waals surface area contributed by atoms with Gasteiger partial charge >= 0.3 is 7.82 Å². The molecule has 0 spiro atoms. The molecule has 0 radical (unpaired) electrons. The first-order chi connectivity index (χ1) is 37.5. The number of carbonyl (C=O) groups excluding carboxylic acids is 1. The molecule has 1 amide bonds. The van der Waals surface area contributed by atoms with Crippen molar-refractivity contribution in [1.29, 1.82) is 0 Å². The Morgan fingerprint density at radius 2 is 0.779 bits per heavy atom. The van der Waals surface area contributed by atoms with E-state index in [-0.39, 0.29) is 19.1 Å². The topological polar surface area (TPSA) is 105 Å². The van der Waals surface area contributed by atoms with E-state index < -0.39 is 20.0 Å². The van der Waals surface area contributed by atoms with Crippen LogP contribution in [0.15, 0.2) is 109 Å². The molecular formula is C68H122N2O6P+. The summed E-state index contributed by atoms with van der Waals surface area (Å²) >= 11 is 0. The van der Waals surface area contributed by atoms with Crippen LogP contribution in [0.5, 0.6) is 0 Å².